The second-order valence-electron chi connectivity index (χ2n) is 8.83. The lowest BCUT2D eigenvalue weighted by atomic mass is 10.1. The molecule has 2 aliphatic rings. The lowest BCUT2D eigenvalue weighted by Crippen LogP contribution is -2.50. The maximum atomic E-state index is 12.1. The summed E-state index contributed by atoms with van der Waals surface area (Å²) in [7, 11) is 0. The van der Waals surface area contributed by atoms with E-state index in [1.807, 2.05) is 45.0 Å². The minimum atomic E-state index is -0.459. The monoisotopic (exact) mass is 416 g/mol. The highest BCUT2D eigenvalue weighted by Gasteiger charge is 2.26. The maximum absolute atomic E-state index is 12.1. The van der Waals surface area contributed by atoms with Crippen molar-refractivity contribution in [3.63, 3.8) is 0 Å². The van der Waals surface area contributed by atoms with Crippen LogP contribution in [0, 0.1) is 0 Å². The van der Waals surface area contributed by atoms with Gasteiger partial charge in [-0.05, 0) is 57.9 Å². The Bertz CT molecular complexity index is 764. The van der Waals surface area contributed by atoms with Gasteiger partial charge in [0.25, 0.3) is 0 Å². The van der Waals surface area contributed by atoms with E-state index in [9.17, 15) is 14.4 Å². The topological polar surface area (TPSA) is 82.2 Å². The van der Waals surface area contributed by atoms with Gasteiger partial charge in [-0.15, -0.1) is 0 Å². The molecule has 1 N–H and O–H groups in total. The Kier molecular flexibility index (Phi) is 6.97. The molecule has 8 heteroatoms. The first kappa shape index (κ1) is 22.1. The third-order valence-corrected chi connectivity index (χ3v) is 5.27. The molecule has 4 amide bonds. The van der Waals surface area contributed by atoms with Crippen molar-refractivity contribution in [2.24, 2.45) is 0 Å². The number of carbonyl (C=O) groups excluding carboxylic acids is 3. The molecule has 2 aliphatic heterocycles. The Morgan fingerprint density at radius 3 is 2.30 bits per heavy atom. The van der Waals surface area contributed by atoms with Gasteiger partial charge in [-0.2, -0.15) is 0 Å². The number of aryl methyl sites for hydroxylation is 1. The number of urea groups is 1. The number of benzene rings is 1. The molecule has 0 saturated carbocycles. The van der Waals surface area contributed by atoms with Gasteiger partial charge in [0.15, 0.2) is 0 Å². The first-order valence-corrected chi connectivity index (χ1v) is 10.6. The van der Waals surface area contributed by atoms with Crippen LogP contribution in [-0.2, 0) is 16.0 Å². The summed E-state index contributed by atoms with van der Waals surface area (Å²) in [4.78, 5) is 41.1. The lowest BCUT2D eigenvalue weighted by Gasteiger charge is -2.35. The quantitative estimate of drug-likeness (QED) is 0.798. The van der Waals surface area contributed by atoms with Crippen LogP contribution in [-0.4, -0.2) is 72.7 Å². The van der Waals surface area contributed by atoms with Crippen LogP contribution < -0.4 is 10.2 Å². The van der Waals surface area contributed by atoms with E-state index in [0.29, 0.717) is 26.1 Å². The molecule has 8 nitrogen and oxygen atoms in total. The summed E-state index contributed by atoms with van der Waals surface area (Å²) in [6.45, 7) is 10.2. The molecule has 30 heavy (non-hydrogen) atoms. The van der Waals surface area contributed by atoms with Gasteiger partial charge in [-0.1, -0.05) is 12.1 Å². The van der Waals surface area contributed by atoms with Crippen LogP contribution in [0.5, 0.6) is 0 Å². The molecular formula is C22H32N4O4. The number of amides is 4. The fourth-order valence-electron chi connectivity index (χ4n) is 3.64. The number of rotatable bonds is 5. The highest BCUT2D eigenvalue weighted by Crippen LogP contribution is 2.19. The smallest absolute Gasteiger partial charge is 0.410 e. The molecule has 0 unspecified atom stereocenters. The molecule has 2 saturated heterocycles. The number of ether oxygens (including phenoxy) is 1. The summed E-state index contributed by atoms with van der Waals surface area (Å²) in [6.07, 6.45) is 2.09. The largest absolute Gasteiger partial charge is 0.444 e. The lowest BCUT2D eigenvalue weighted by molar-refractivity contribution is -0.120. The fraction of sp³-hybridized carbons (Fsp3) is 0.591. The van der Waals surface area contributed by atoms with Crippen LogP contribution in [0.2, 0.25) is 0 Å². The molecule has 0 aromatic heterocycles. The van der Waals surface area contributed by atoms with E-state index in [1.165, 1.54) is 5.56 Å². The van der Waals surface area contributed by atoms with E-state index in [1.54, 1.807) is 9.80 Å². The summed E-state index contributed by atoms with van der Waals surface area (Å²) < 4.78 is 5.44. The molecule has 0 radical (unpaired) electrons. The van der Waals surface area contributed by atoms with E-state index < -0.39 is 5.60 Å². The summed E-state index contributed by atoms with van der Waals surface area (Å²) in [5.41, 5.74) is 1.57. The van der Waals surface area contributed by atoms with Crippen molar-refractivity contribution >= 4 is 23.7 Å². The van der Waals surface area contributed by atoms with Gasteiger partial charge in [0.2, 0.25) is 5.91 Å². The molecule has 0 aliphatic carbocycles. The van der Waals surface area contributed by atoms with Crippen molar-refractivity contribution in [3.8, 4) is 0 Å². The van der Waals surface area contributed by atoms with Crippen molar-refractivity contribution < 1.29 is 19.1 Å². The normalized spacial score (nSPS) is 18.4. The number of hydrogen-bond acceptors (Lipinski definition) is 5. The van der Waals surface area contributed by atoms with Crippen LogP contribution in [0.4, 0.5) is 15.3 Å². The van der Waals surface area contributed by atoms with Gasteiger partial charge in [0.05, 0.1) is 0 Å². The third-order valence-electron chi connectivity index (χ3n) is 5.27. The van der Waals surface area contributed by atoms with Crippen LogP contribution in [0.3, 0.4) is 0 Å². The molecule has 0 spiro atoms. The van der Waals surface area contributed by atoms with Crippen molar-refractivity contribution in [1.82, 2.24) is 15.1 Å². The van der Waals surface area contributed by atoms with Crippen molar-refractivity contribution in [2.75, 3.05) is 44.2 Å². The average Bonchev–Trinajstić information content (AvgIpc) is 2.68. The Morgan fingerprint density at radius 2 is 1.70 bits per heavy atom. The first-order chi connectivity index (χ1) is 14.2. The number of hydrogen-bond donors (Lipinski definition) is 1. The van der Waals surface area contributed by atoms with E-state index in [-0.39, 0.29) is 18.0 Å². The Labute approximate surface area is 178 Å². The molecule has 3 rings (SSSR count). The molecule has 2 heterocycles. The van der Waals surface area contributed by atoms with E-state index in [0.717, 1.165) is 38.2 Å². The predicted molar refractivity (Wildman–Crippen MR) is 115 cm³/mol. The molecule has 0 bridgehead atoms. The van der Waals surface area contributed by atoms with Crippen LogP contribution >= 0.6 is 0 Å². The minimum absolute atomic E-state index is 0.222. The Balaban J connectivity index is 1.38. The first-order valence-electron chi connectivity index (χ1n) is 10.6. The maximum Gasteiger partial charge on any atom is 0.410 e. The summed E-state index contributed by atoms with van der Waals surface area (Å²) in [5.74, 6) is -0.222. The summed E-state index contributed by atoms with van der Waals surface area (Å²) >= 11 is 0. The Hall–Kier alpha value is -2.61. The number of imide groups is 1. The van der Waals surface area contributed by atoms with Crippen molar-refractivity contribution in [3.05, 3.63) is 29.8 Å². The second-order valence-corrected chi connectivity index (χ2v) is 8.83. The molecule has 1 aromatic rings. The van der Waals surface area contributed by atoms with Gasteiger partial charge in [0.1, 0.15) is 5.60 Å². The van der Waals surface area contributed by atoms with Crippen LogP contribution in [0.1, 0.15) is 39.2 Å². The van der Waals surface area contributed by atoms with Crippen LogP contribution in [0.15, 0.2) is 24.3 Å². The van der Waals surface area contributed by atoms with Gasteiger partial charge >= 0.3 is 12.1 Å². The highest BCUT2D eigenvalue weighted by atomic mass is 16.6. The van der Waals surface area contributed by atoms with Gasteiger partial charge < -0.3 is 9.64 Å². The number of piperazine rings is 1. The zero-order valence-corrected chi connectivity index (χ0v) is 18.1. The highest BCUT2D eigenvalue weighted by molar-refractivity contribution is 6.05. The molecule has 0 atom stereocenters. The van der Waals surface area contributed by atoms with Crippen LogP contribution in [0.25, 0.3) is 0 Å². The predicted octanol–water partition coefficient (Wildman–Crippen LogP) is 2.62. The van der Waals surface area contributed by atoms with E-state index in [4.69, 9.17) is 4.74 Å². The van der Waals surface area contributed by atoms with Crippen molar-refractivity contribution in [1.29, 1.82) is 0 Å². The number of nitrogens with one attached hydrogen (secondary N) is 1. The zero-order valence-electron chi connectivity index (χ0n) is 18.1. The number of carbonyl (C=O) groups is 3. The standard InChI is InChI=1S/C22H32N4O4/c1-22(2,3)30-21(29)25-15-13-24(14-16-25)11-4-5-17-6-8-18(9-7-17)26-12-10-19(27)23-20(26)28/h6-9H,4-5,10-16H2,1-3H3,(H,23,27,28). The minimum Gasteiger partial charge on any atom is -0.444 e. The van der Waals surface area contributed by atoms with Crippen molar-refractivity contribution in [2.45, 2.75) is 45.6 Å². The molecule has 164 valence electrons. The van der Waals surface area contributed by atoms with E-state index in [2.05, 4.69) is 10.2 Å². The van der Waals surface area contributed by atoms with Gasteiger partial charge in [-0.3, -0.25) is 19.9 Å². The molecule has 1 aromatic carbocycles. The Morgan fingerprint density at radius 1 is 1.03 bits per heavy atom. The zero-order chi connectivity index (χ0) is 21.7. The summed E-state index contributed by atoms with van der Waals surface area (Å²) in [6, 6.07) is 7.60. The van der Waals surface area contributed by atoms with E-state index >= 15 is 0 Å². The fourth-order valence-corrected chi connectivity index (χ4v) is 3.64. The number of anilines is 1. The summed E-state index contributed by atoms with van der Waals surface area (Å²) in [5, 5.41) is 2.34. The third kappa shape index (κ3) is 6.19. The molecule has 2 fully saturated rings. The SMILES string of the molecule is CC(C)(C)OC(=O)N1CCN(CCCc2ccc(N3CCC(=O)NC3=O)cc2)CC1. The van der Waals surface area contributed by atoms with Gasteiger partial charge in [0, 0.05) is 44.8 Å². The average molecular weight is 417 g/mol. The van der Waals surface area contributed by atoms with Gasteiger partial charge in [-0.25, -0.2) is 9.59 Å². The molecular weight excluding hydrogens is 384 g/mol. The number of nitrogens with zero attached hydrogens (tertiary/aromatic N) is 3. The second kappa shape index (κ2) is 9.47.